The maximum Gasteiger partial charge on any atom is 0.254 e. The van der Waals surface area contributed by atoms with E-state index >= 15 is 0 Å². The zero-order chi connectivity index (χ0) is 23.8. The highest BCUT2D eigenvalue weighted by Crippen LogP contribution is 2.67. The predicted molar refractivity (Wildman–Crippen MR) is 126 cm³/mol. The van der Waals surface area contributed by atoms with E-state index in [1.54, 1.807) is 4.90 Å². The van der Waals surface area contributed by atoms with Gasteiger partial charge in [-0.1, -0.05) is 34.1 Å². The summed E-state index contributed by atoms with van der Waals surface area (Å²) in [5.41, 5.74) is 0.463. The molecule has 0 radical (unpaired) electrons. The van der Waals surface area contributed by atoms with E-state index in [9.17, 15) is 18.3 Å². The Hall–Kier alpha value is -1.60. The highest BCUT2D eigenvalue weighted by atomic mass is 32.2. The Morgan fingerprint density at radius 1 is 1.06 bits per heavy atom. The number of sulfone groups is 1. The highest BCUT2D eigenvalue weighted by molar-refractivity contribution is 7.91. The number of carbonyl (C=O) groups excluding carboxylic acids is 1. The van der Waals surface area contributed by atoms with Gasteiger partial charge in [0.1, 0.15) is 5.75 Å². The second kappa shape index (κ2) is 7.45. The standard InChI is InChI=1S/C26H37NO5S/c1-24(2)7-5-8-25(3)20(24)6-9-26(4)21(25)16-33(30,31)19-15-17(14-18(28)22(19)26)23(29)27-10-12-32-13-11-27/h14-15,20-21,28H,5-13,16H2,1-4H3. The molecule has 2 aliphatic heterocycles. The number of hydrogen-bond donors (Lipinski definition) is 1. The van der Waals surface area contributed by atoms with Gasteiger partial charge < -0.3 is 14.7 Å². The molecule has 4 unspecified atom stereocenters. The van der Waals surface area contributed by atoms with Crippen LogP contribution in [0.3, 0.4) is 0 Å². The van der Waals surface area contributed by atoms with Crippen LogP contribution in [-0.2, 0) is 20.0 Å². The topological polar surface area (TPSA) is 83.9 Å². The predicted octanol–water partition coefficient (Wildman–Crippen LogP) is 4.15. The zero-order valence-corrected chi connectivity index (χ0v) is 21.1. The van der Waals surface area contributed by atoms with Crippen molar-refractivity contribution in [1.82, 2.24) is 4.90 Å². The third-order valence-corrected chi connectivity index (χ3v) is 11.5. The number of amides is 1. The van der Waals surface area contributed by atoms with Gasteiger partial charge >= 0.3 is 0 Å². The molecule has 2 aliphatic carbocycles. The molecular weight excluding hydrogens is 438 g/mol. The molecular formula is C26H37NO5S. The number of phenols is 1. The molecule has 7 heteroatoms. The van der Waals surface area contributed by atoms with Crippen LogP contribution in [0.5, 0.6) is 5.75 Å². The number of rotatable bonds is 1. The summed E-state index contributed by atoms with van der Waals surface area (Å²) in [5.74, 6) is 0.222. The van der Waals surface area contributed by atoms with E-state index in [-0.39, 0.29) is 44.6 Å². The first-order chi connectivity index (χ1) is 15.4. The molecule has 4 atom stereocenters. The van der Waals surface area contributed by atoms with Crippen molar-refractivity contribution >= 4 is 15.7 Å². The molecule has 0 spiro atoms. The minimum Gasteiger partial charge on any atom is -0.508 e. The molecule has 33 heavy (non-hydrogen) atoms. The SMILES string of the molecule is CC1(C)CCCC2(C)C1CCC1(C)c3c(O)cc(C(=O)N4CCOCC4)cc3S(=O)(=O)CC12. The maximum absolute atomic E-state index is 13.7. The number of carbonyl (C=O) groups is 1. The van der Waals surface area contributed by atoms with Gasteiger partial charge in [-0.15, -0.1) is 0 Å². The van der Waals surface area contributed by atoms with Crippen molar-refractivity contribution in [1.29, 1.82) is 0 Å². The number of morpholine rings is 1. The van der Waals surface area contributed by atoms with Crippen molar-refractivity contribution in [2.24, 2.45) is 22.7 Å². The molecule has 0 bridgehead atoms. The number of phenolic OH excluding ortho intramolecular Hbond substituents is 1. The largest absolute Gasteiger partial charge is 0.508 e. The molecule has 182 valence electrons. The number of ether oxygens (including phenoxy) is 1. The van der Waals surface area contributed by atoms with E-state index in [2.05, 4.69) is 27.7 Å². The van der Waals surface area contributed by atoms with Crippen molar-refractivity contribution in [2.75, 3.05) is 32.1 Å². The van der Waals surface area contributed by atoms with E-state index in [0.29, 0.717) is 37.8 Å². The van der Waals surface area contributed by atoms with Crippen LogP contribution in [0.1, 0.15) is 75.7 Å². The van der Waals surface area contributed by atoms with Crippen molar-refractivity contribution in [3.8, 4) is 5.75 Å². The summed E-state index contributed by atoms with van der Waals surface area (Å²) in [4.78, 5) is 14.9. The summed E-state index contributed by atoms with van der Waals surface area (Å²) in [6, 6.07) is 3.03. The summed E-state index contributed by atoms with van der Waals surface area (Å²) >= 11 is 0. The maximum atomic E-state index is 13.7. The lowest BCUT2D eigenvalue weighted by atomic mass is 9.43. The fourth-order valence-corrected chi connectivity index (χ4v) is 10.4. The Labute approximate surface area is 197 Å². The molecule has 6 nitrogen and oxygen atoms in total. The van der Waals surface area contributed by atoms with Crippen LogP contribution in [0.4, 0.5) is 0 Å². The molecule has 4 aliphatic rings. The Balaban J connectivity index is 1.61. The van der Waals surface area contributed by atoms with Crippen LogP contribution in [0, 0.1) is 22.7 Å². The summed E-state index contributed by atoms with van der Waals surface area (Å²) in [6.45, 7) is 11.0. The molecule has 3 fully saturated rings. The number of hydrogen-bond acceptors (Lipinski definition) is 5. The van der Waals surface area contributed by atoms with Crippen molar-refractivity contribution < 1.29 is 23.1 Å². The number of benzene rings is 1. The Morgan fingerprint density at radius 3 is 2.45 bits per heavy atom. The lowest BCUT2D eigenvalue weighted by molar-refractivity contribution is -0.0984. The van der Waals surface area contributed by atoms with Gasteiger partial charge in [0.2, 0.25) is 0 Å². The van der Waals surface area contributed by atoms with Crippen LogP contribution in [-0.4, -0.2) is 56.4 Å². The molecule has 1 aromatic rings. The lowest BCUT2D eigenvalue weighted by Crippen LogP contribution is -2.59. The highest BCUT2D eigenvalue weighted by Gasteiger charge is 2.62. The smallest absolute Gasteiger partial charge is 0.254 e. The van der Waals surface area contributed by atoms with Crippen molar-refractivity contribution in [3.63, 3.8) is 0 Å². The summed E-state index contributed by atoms with van der Waals surface area (Å²) < 4.78 is 32.7. The van der Waals surface area contributed by atoms with Gasteiger partial charge in [0.15, 0.2) is 9.84 Å². The minimum absolute atomic E-state index is 0.0444. The molecule has 2 heterocycles. The monoisotopic (exact) mass is 475 g/mol. The van der Waals surface area contributed by atoms with Gasteiger partial charge in [-0.05, 0) is 60.5 Å². The van der Waals surface area contributed by atoms with E-state index in [1.807, 2.05) is 0 Å². The van der Waals surface area contributed by atoms with Gasteiger partial charge in [0.25, 0.3) is 5.91 Å². The van der Waals surface area contributed by atoms with Gasteiger partial charge in [0, 0.05) is 29.6 Å². The van der Waals surface area contributed by atoms with Crippen LogP contribution in [0.15, 0.2) is 17.0 Å². The lowest BCUT2D eigenvalue weighted by Gasteiger charge is -2.63. The van der Waals surface area contributed by atoms with Gasteiger partial charge in [-0.3, -0.25) is 4.79 Å². The zero-order valence-electron chi connectivity index (χ0n) is 20.3. The van der Waals surface area contributed by atoms with Crippen LogP contribution in [0.2, 0.25) is 0 Å². The molecule has 5 rings (SSSR count). The molecule has 2 saturated carbocycles. The Kier molecular flexibility index (Phi) is 5.23. The first-order valence-electron chi connectivity index (χ1n) is 12.4. The summed E-state index contributed by atoms with van der Waals surface area (Å²) in [7, 11) is -3.64. The normalized spacial score (nSPS) is 36.9. The molecule has 1 aromatic carbocycles. The second-order valence-electron chi connectivity index (χ2n) is 12.0. The Bertz CT molecular complexity index is 1090. The third-order valence-electron chi connectivity index (χ3n) is 9.71. The average Bonchev–Trinajstić information content (AvgIpc) is 2.74. The molecule has 1 amide bonds. The molecule has 1 N–H and O–H groups in total. The molecule has 0 aromatic heterocycles. The molecule has 1 saturated heterocycles. The minimum atomic E-state index is -3.64. The summed E-state index contributed by atoms with van der Waals surface area (Å²) in [5, 5.41) is 11.2. The van der Waals surface area contributed by atoms with E-state index in [1.165, 1.54) is 18.6 Å². The van der Waals surface area contributed by atoms with Gasteiger partial charge in [-0.2, -0.15) is 0 Å². The first-order valence-corrected chi connectivity index (χ1v) is 14.0. The van der Waals surface area contributed by atoms with Crippen LogP contribution >= 0.6 is 0 Å². The second-order valence-corrected chi connectivity index (χ2v) is 14.0. The van der Waals surface area contributed by atoms with Crippen molar-refractivity contribution in [2.45, 2.75) is 70.1 Å². The quantitative estimate of drug-likeness (QED) is 0.660. The Morgan fingerprint density at radius 2 is 1.76 bits per heavy atom. The van der Waals surface area contributed by atoms with Gasteiger partial charge in [-0.25, -0.2) is 8.42 Å². The van der Waals surface area contributed by atoms with Gasteiger partial charge in [0.05, 0.1) is 23.9 Å². The van der Waals surface area contributed by atoms with Crippen molar-refractivity contribution in [3.05, 3.63) is 23.3 Å². The third kappa shape index (κ3) is 3.36. The van der Waals surface area contributed by atoms with Crippen LogP contribution < -0.4 is 0 Å². The number of aromatic hydroxyl groups is 1. The number of nitrogens with zero attached hydrogens (tertiary/aromatic N) is 1. The first kappa shape index (κ1) is 23.2. The van der Waals surface area contributed by atoms with E-state index < -0.39 is 15.3 Å². The van der Waals surface area contributed by atoms with E-state index in [0.717, 1.165) is 25.7 Å². The number of fused-ring (bicyclic) bond motifs is 5. The van der Waals surface area contributed by atoms with E-state index in [4.69, 9.17) is 4.74 Å². The van der Waals surface area contributed by atoms with Crippen LogP contribution in [0.25, 0.3) is 0 Å². The fourth-order valence-electron chi connectivity index (χ4n) is 8.12. The fraction of sp³-hybridized carbons (Fsp3) is 0.731. The average molecular weight is 476 g/mol. The summed E-state index contributed by atoms with van der Waals surface area (Å²) in [6.07, 6.45) is 5.20.